The van der Waals surface area contributed by atoms with Crippen molar-refractivity contribution in [2.75, 3.05) is 19.8 Å². The van der Waals surface area contributed by atoms with E-state index in [0.29, 0.717) is 36.8 Å². The van der Waals surface area contributed by atoms with Gasteiger partial charge >= 0.3 is 11.9 Å². The van der Waals surface area contributed by atoms with Crippen LogP contribution in [0.3, 0.4) is 0 Å². The van der Waals surface area contributed by atoms with Crippen molar-refractivity contribution in [1.29, 1.82) is 0 Å². The molecule has 4 fully saturated rings. The van der Waals surface area contributed by atoms with Gasteiger partial charge in [-0.1, -0.05) is 32.6 Å². The van der Waals surface area contributed by atoms with Crippen LogP contribution >= 0.6 is 0 Å². The van der Waals surface area contributed by atoms with Crippen molar-refractivity contribution in [3.63, 3.8) is 0 Å². The van der Waals surface area contributed by atoms with Gasteiger partial charge < -0.3 is 0 Å². The maximum Gasteiger partial charge on any atom is 0.418 e. The summed E-state index contributed by atoms with van der Waals surface area (Å²) < 4.78 is 73.2. The Hall–Kier alpha value is -2.02. The van der Waals surface area contributed by atoms with Gasteiger partial charge in [-0.15, -0.1) is 0 Å². The molecule has 6 rings (SSSR count). The Morgan fingerprint density at radius 2 is 1.78 bits per heavy atom. The Morgan fingerprint density at radius 3 is 2.46 bits per heavy atom. The average Bonchev–Trinajstić information content (AvgIpc) is 3.50. The van der Waals surface area contributed by atoms with Gasteiger partial charge in [-0.3, -0.25) is 13.9 Å². The molecule has 12 heteroatoms. The molecule has 228 valence electrons. The topological polar surface area (TPSA) is 57.0 Å². The summed E-state index contributed by atoms with van der Waals surface area (Å²) in [4.78, 5) is 17.0. The van der Waals surface area contributed by atoms with Crippen LogP contribution in [0.25, 0.3) is 5.52 Å². The molecule has 4 aliphatic rings. The number of rotatable bonds is 7. The first-order valence-corrected chi connectivity index (χ1v) is 15.2. The van der Waals surface area contributed by atoms with E-state index < -0.39 is 30.1 Å². The number of piperidine rings is 1. The molecule has 7 nitrogen and oxygen atoms in total. The number of hydrogen-bond acceptors (Lipinski definition) is 5. The van der Waals surface area contributed by atoms with Crippen molar-refractivity contribution in [3.05, 3.63) is 40.1 Å². The highest BCUT2D eigenvalue weighted by Crippen LogP contribution is 2.47. The van der Waals surface area contributed by atoms with E-state index in [1.54, 1.807) is 6.20 Å². The van der Waals surface area contributed by atoms with Gasteiger partial charge in [0.1, 0.15) is 0 Å². The maximum absolute atomic E-state index is 14.3. The van der Waals surface area contributed by atoms with Crippen LogP contribution in [0.4, 0.5) is 22.0 Å². The van der Waals surface area contributed by atoms with Crippen LogP contribution in [-0.4, -0.2) is 51.2 Å². The molecule has 0 aromatic carbocycles. The van der Waals surface area contributed by atoms with Gasteiger partial charge in [0.15, 0.2) is 0 Å². The molecule has 0 spiro atoms. The number of hydrazine groups is 1. The summed E-state index contributed by atoms with van der Waals surface area (Å²) in [7, 11) is 0. The Labute approximate surface area is 237 Å². The molecule has 0 amide bonds. The first-order valence-electron chi connectivity index (χ1n) is 15.2. The summed E-state index contributed by atoms with van der Waals surface area (Å²) in [5.41, 5.74) is 5.08. The second kappa shape index (κ2) is 11.6. The van der Waals surface area contributed by atoms with Gasteiger partial charge in [0.25, 0.3) is 6.55 Å². The van der Waals surface area contributed by atoms with E-state index in [-0.39, 0.29) is 30.1 Å². The normalized spacial score (nSPS) is 29.8. The van der Waals surface area contributed by atoms with Crippen molar-refractivity contribution < 1.29 is 22.0 Å². The zero-order chi connectivity index (χ0) is 28.9. The van der Waals surface area contributed by atoms with Gasteiger partial charge in [-0.05, 0) is 74.0 Å². The van der Waals surface area contributed by atoms with Crippen molar-refractivity contribution in [2.24, 2.45) is 23.7 Å². The highest BCUT2D eigenvalue weighted by Gasteiger charge is 2.46. The molecule has 5 atom stereocenters. The number of pyridine rings is 1. The lowest BCUT2D eigenvalue weighted by Crippen LogP contribution is -2.52. The van der Waals surface area contributed by atoms with Crippen molar-refractivity contribution in [2.45, 2.75) is 96.2 Å². The van der Waals surface area contributed by atoms with Gasteiger partial charge in [-0.25, -0.2) is 20.5 Å². The fourth-order valence-electron chi connectivity index (χ4n) is 7.99. The van der Waals surface area contributed by atoms with Gasteiger partial charge in [0.2, 0.25) is 0 Å². The van der Waals surface area contributed by atoms with Crippen LogP contribution in [0.2, 0.25) is 0 Å². The van der Waals surface area contributed by atoms with Crippen LogP contribution < -0.4 is 16.5 Å². The summed E-state index contributed by atoms with van der Waals surface area (Å²) in [6.07, 6.45) is 5.97. The number of nitrogens with one attached hydrogen (secondary N) is 2. The zero-order valence-corrected chi connectivity index (χ0v) is 23.6. The molecule has 3 unspecified atom stereocenters. The minimum absolute atomic E-state index is 0.0208. The number of nitrogens with zero attached hydrogens (tertiary/aromatic N) is 4. The van der Waals surface area contributed by atoms with E-state index in [0.717, 1.165) is 62.9 Å². The first kappa shape index (κ1) is 29.1. The van der Waals surface area contributed by atoms with E-state index in [9.17, 15) is 26.7 Å². The van der Waals surface area contributed by atoms with E-state index in [2.05, 4.69) is 22.7 Å². The molecule has 2 aromatic heterocycles. The molecular formula is C29H41F5N6O. The second-order valence-electron chi connectivity index (χ2n) is 12.9. The van der Waals surface area contributed by atoms with Gasteiger partial charge in [0, 0.05) is 31.5 Å². The Kier molecular flexibility index (Phi) is 8.21. The fraction of sp³-hybridized carbons (Fsp3) is 0.759. The Morgan fingerprint density at radius 1 is 1.02 bits per heavy atom. The molecule has 4 heterocycles. The third-order valence-corrected chi connectivity index (χ3v) is 10.1. The predicted molar refractivity (Wildman–Crippen MR) is 145 cm³/mol. The molecule has 2 N–H and O–H groups in total. The number of hydrogen-bond donors (Lipinski definition) is 2. The monoisotopic (exact) mass is 584 g/mol. The Balaban J connectivity index is 1.30. The lowest BCUT2D eigenvalue weighted by molar-refractivity contribution is -0.136. The van der Waals surface area contributed by atoms with Crippen LogP contribution in [0.5, 0.6) is 0 Å². The first-order chi connectivity index (χ1) is 19.6. The number of halogens is 5. The minimum Gasteiger partial charge on any atom is -0.299 e. The summed E-state index contributed by atoms with van der Waals surface area (Å²) in [5.74, 6) is 0.877. The van der Waals surface area contributed by atoms with E-state index in [4.69, 9.17) is 0 Å². The van der Waals surface area contributed by atoms with Crippen LogP contribution in [0, 0.1) is 23.7 Å². The third-order valence-electron chi connectivity index (χ3n) is 10.1. The predicted octanol–water partition coefficient (Wildman–Crippen LogP) is 5.42. The summed E-state index contributed by atoms with van der Waals surface area (Å²) in [6.45, 7) is 1.66. The maximum atomic E-state index is 14.3. The van der Waals surface area contributed by atoms with Crippen LogP contribution in [-0.2, 0) is 12.7 Å². The molecule has 0 bridgehead atoms. The molecular weight excluding hydrogens is 543 g/mol. The van der Waals surface area contributed by atoms with Gasteiger partial charge in [0.05, 0.1) is 23.9 Å². The lowest BCUT2D eigenvalue weighted by atomic mass is 9.65. The number of fused-ring (bicyclic) bond motifs is 1. The van der Waals surface area contributed by atoms with E-state index in [1.807, 2.05) is 0 Å². The Bertz CT molecular complexity index is 1270. The van der Waals surface area contributed by atoms with Crippen molar-refractivity contribution in [3.8, 4) is 0 Å². The highest BCUT2D eigenvalue weighted by molar-refractivity contribution is 5.56. The van der Waals surface area contributed by atoms with Crippen molar-refractivity contribution in [1.82, 2.24) is 29.6 Å². The highest BCUT2D eigenvalue weighted by atomic mass is 19.4. The molecule has 0 radical (unpaired) electrons. The molecule has 2 saturated heterocycles. The fourth-order valence-corrected chi connectivity index (χ4v) is 7.99. The van der Waals surface area contributed by atoms with E-state index in [1.165, 1.54) is 21.2 Å². The third kappa shape index (κ3) is 5.81. The number of aromatic nitrogens is 2. The lowest BCUT2D eigenvalue weighted by Gasteiger charge is -2.46. The standard InChI is InChI=1S/C29H41F5N6O/c1-18-5-4-10-37(13-18)14-19-11-23(29(32,33)34)24-16-38(28(41)39(24)15-19)22-9-3-8-21(12-22)25(20-6-2-7-20)26-36-35-17-40(26)27(30)31/h11,15-16,18,20-22,25-27,35-36H,2-10,12-14,17H2,1H3/t18-,21?,22?,25-,26?/m0/s1. The summed E-state index contributed by atoms with van der Waals surface area (Å²) >= 11 is 0. The van der Waals surface area contributed by atoms with Crippen LogP contribution in [0.1, 0.15) is 81.9 Å². The molecule has 41 heavy (non-hydrogen) atoms. The molecule has 2 aromatic rings. The number of imidazole rings is 1. The van der Waals surface area contributed by atoms with Crippen molar-refractivity contribution >= 4 is 5.52 Å². The molecule has 2 saturated carbocycles. The average molecular weight is 585 g/mol. The zero-order valence-electron chi connectivity index (χ0n) is 23.6. The van der Waals surface area contributed by atoms with E-state index >= 15 is 0 Å². The molecule has 2 aliphatic heterocycles. The second-order valence-corrected chi connectivity index (χ2v) is 12.9. The quantitative estimate of drug-likeness (QED) is 0.337. The SMILES string of the molecule is C[C@H]1CCCN(Cc2cc(C(F)(F)F)c3cn(C4CCCC([C@H](C5CCC5)C5NNCN5C(F)F)C4)c(=O)n3c2)C1. The van der Waals surface area contributed by atoms with Crippen LogP contribution in [0.15, 0.2) is 23.3 Å². The summed E-state index contributed by atoms with van der Waals surface area (Å²) in [6, 6.07) is 0.928. The smallest absolute Gasteiger partial charge is 0.299 e. The number of alkyl halides is 5. The largest absolute Gasteiger partial charge is 0.418 e. The summed E-state index contributed by atoms with van der Waals surface area (Å²) in [5, 5.41) is 0. The molecule has 2 aliphatic carbocycles. The minimum atomic E-state index is -4.60. The number of likely N-dealkylation sites (tertiary alicyclic amines) is 1. The van der Waals surface area contributed by atoms with Gasteiger partial charge in [-0.2, -0.15) is 22.0 Å².